The standard InChI is InChI=1S/C88H92N2/c1-58(2)72-52-79(60(5)6)85(80(53-72)61(7)8)89(77-48-46-64(13)83(56-77)70-38-30-36-68(50-70)66-32-20-15-21-33-66)87(88(74-40-24-17-25-41-74,75-42-26-18-27-43-75)76-44-28-19-29-45-76)90(86-81(62(9)10)54-73(59(3)4)55-82(86)63(11)12)78-49-47-65(14)84(57-78)71-39-31-37-69(51-71)67-34-22-16-23-35-67/h15-63,87H,1-14H3. The Morgan fingerprint density at radius 1 is 0.256 bits per heavy atom. The Kier molecular flexibility index (Phi) is 18.8. The summed E-state index contributed by atoms with van der Waals surface area (Å²) >= 11 is 0. The molecule has 0 heterocycles. The van der Waals surface area contributed by atoms with E-state index in [-0.39, 0.29) is 23.7 Å². The molecule has 11 aromatic carbocycles. The van der Waals surface area contributed by atoms with Gasteiger partial charge in [0.15, 0.2) is 0 Å². The third-order valence-electron chi connectivity index (χ3n) is 18.8. The Labute approximate surface area is 540 Å². The Morgan fingerprint density at radius 3 is 0.822 bits per heavy atom. The van der Waals surface area contributed by atoms with E-state index in [1.807, 2.05) is 0 Å². The van der Waals surface area contributed by atoms with Gasteiger partial charge < -0.3 is 9.80 Å². The fourth-order valence-electron chi connectivity index (χ4n) is 13.9. The van der Waals surface area contributed by atoms with Crippen LogP contribution in [-0.4, -0.2) is 6.17 Å². The summed E-state index contributed by atoms with van der Waals surface area (Å²) in [5.41, 5.74) is 27.4. The highest BCUT2D eigenvalue weighted by Gasteiger charge is 2.53. The van der Waals surface area contributed by atoms with E-state index < -0.39 is 11.6 Å². The quantitative estimate of drug-likeness (QED) is 0.0554. The highest BCUT2D eigenvalue weighted by Crippen LogP contribution is 2.56. The van der Waals surface area contributed by atoms with E-state index in [1.54, 1.807) is 0 Å². The van der Waals surface area contributed by atoms with Crippen LogP contribution in [0.2, 0.25) is 0 Å². The Bertz CT molecular complexity index is 3840. The summed E-state index contributed by atoms with van der Waals surface area (Å²) in [5, 5.41) is 0. The van der Waals surface area contributed by atoms with Crippen molar-refractivity contribution in [2.45, 2.75) is 144 Å². The summed E-state index contributed by atoms with van der Waals surface area (Å²) in [6.45, 7) is 33.4. The van der Waals surface area contributed by atoms with Crippen molar-refractivity contribution in [2.24, 2.45) is 0 Å². The van der Waals surface area contributed by atoms with Gasteiger partial charge >= 0.3 is 0 Å². The smallest absolute Gasteiger partial charge is 0.129 e. The van der Waals surface area contributed by atoms with Gasteiger partial charge in [0.05, 0.1) is 16.8 Å². The minimum Gasteiger partial charge on any atom is -0.318 e. The van der Waals surface area contributed by atoms with E-state index in [0.717, 1.165) is 11.4 Å². The van der Waals surface area contributed by atoms with Crippen LogP contribution in [0.1, 0.15) is 180 Å². The lowest BCUT2D eigenvalue weighted by Gasteiger charge is -2.55. The average molecular weight is 1180 g/mol. The second kappa shape index (κ2) is 27.0. The zero-order valence-electron chi connectivity index (χ0n) is 55.8. The number of aryl methyl sites for hydroxylation is 2. The maximum Gasteiger partial charge on any atom is 0.129 e. The van der Waals surface area contributed by atoms with Gasteiger partial charge in [0.25, 0.3) is 0 Å². The molecule has 2 nitrogen and oxygen atoms in total. The number of benzene rings is 11. The minimum atomic E-state index is -0.960. The lowest BCUT2D eigenvalue weighted by molar-refractivity contribution is 0.466. The van der Waals surface area contributed by atoms with Gasteiger partial charge in [-0.3, -0.25) is 0 Å². The van der Waals surface area contributed by atoms with Crippen molar-refractivity contribution in [1.29, 1.82) is 0 Å². The molecule has 0 aliphatic carbocycles. The molecule has 0 aliphatic heterocycles. The SMILES string of the molecule is Cc1ccc(N(c2c(C(C)C)cc(C(C)C)cc2C(C)C)C(N(c2ccc(C)c(-c3cccc(-c4ccccc4)c3)c2)c2c(C(C)C)cc(C(C)C)cc2C(C)C)C(c2ccccc2)(c2ccccc2)c2ccccc2)cc1-c1cccc(-c2ccccc2)c1. The van der Waals surface area contributed by atoms with Gasteiger partial charge in [0.1, 0.15) is 6.17 Å². The Morgan fingerprint density at radius 2 is 0.533 bits per heavy atom. The van der Waals surface area contributed by atoms with E-state index in [0.29, 0.717) is 11.8 Å². The van der Waals surface area contributed by atoms with Crippen molar-refractivity contribution >= 4 is 22.7 Å². The molecular weight excluding hydrogens is 1080 g/mol. The topological polar surface area (TPSA) is 6.48 Å². The third kappa shape index (κ3) is 12.4. The van der Waals surface area contributed by atoms with Gasteiger partial charge in [0.2, 0.25) is 0 Å². The first kappa shape index (κ1) is 62.6. The highest BCUT2D eigenvalue weighted by molar-refractivity contribution is 5.87. The molecule has 0 saturated heterocycles. The van der Waals surface area contributed by atoms with E-state index in [9.17, 15) is 0 Å². The van der Waals surface area contributed by atoms with Crippen LogP contribution in [0.3, 0.4) is 0 Å². The van der Waals surface area contributed by atoms with Crippen LogP contribution >= 0.6 is 0 Å². The Hall–Kier alpha value is -8.98. The summed E-state index contributed by atoms with van der Waals surface area (Å²) in [6, 6.07) is 99.8. The molecule has 90 heavy (non-hydrogen) atoms. The fraction of sp³-hybridized carbons (Fsp3) is 0.250. The van der Waals surface area contributed by atoms with E-state index in [1.165, 1.54) is 117 Å². The van der Waals surface area contributed by atoms with Crippen LogP contribution in [0.25, 0.3) is 44.5 Å². The first-order valence-electron chi connectivity index (χ1n) is 33.1. The predicted molar refractivity (Wildman–Crippen MR) is 389 cm³/mol. The molecule has 0 atom stereocenters. The minimum absolute atomic E-state index is 0.144. The van der Waals surface area contributed by atoms with Gasteiger partial charge in [-0.1, -0.05) is 308 Å². The molecule has 0 fully saturated rings. The third-order valence-corrected chi connectivity index (χ3v) is 18.8. The van der Waals surface area contributed by atoms with Gasteiger partial charge in [0, 0.05) is 11.4 Å². The zero-order valence-corrected chi connectivity index (χ0v) is 55.8. The summed E-state index contributed by atoms with van der Waals surface area (Å²) in [5.74, 6) is 1.19. The summed E-state index contributed by atoms with van der Waals surface area (Å²) < 4.78 is 0. The normalized spacial score (nSPS) is 11.9. The molecule has 11 rings (SSSR count). The van der Waals surface area contributed by atoms with E-state index in [2.05, 4.69) is 368 Å². The number of rotatable bonds is 20. The molecule has 0 unspecified atom stereocenters. The maximum absolute atomic E-state index is 2.88. The first-order chi connectivity index (χ1) is 43.5. The summed E-state index contributed by atoms with van der Waals surface area (Å²) in [4.78, 5) is 5.76. The molecule has 0 radical (unpaired) electrons. The van der Waals surface area contributed by atoms with Crippen LogP contribution < -0.4 is 9.80 Å². The summed E-state index contributed by atoms with van der Waals surface area (Å²) in [6.07, 6.45) is -0.582. The fourth-order valence-corrected chi connectivity index (χ4v) is 13.9. The highest BCUT2D eigenvalue weighted by atomic mass is 15.4. The predicted octanol–water partition coefficient (Wildman–Crippen LogP) is 25.0. The Balaban J connectivity index is 1.41. The zero-order chi connectivity index (χ0) is 63.4. The molecule has 0 aliphatic rings. The van der Waals surface area contributed by atoms with Crippen LogP contribution in [0.5, 0.6) is 0 Å². The summed E-state index contributed by atoms with van der Waals surface area (Å²) in [7, 11) is 0. The number of nitrogens with zero attached hydrogens (tertiary/aromatic N) is 2. The second-order valence-electron chi connectivity index (χ2n) is 26.9. The maximum atomic E-state index is 2.88. The molecule has 0 bridgehead atoms. The lowest BCUT2D eigenvalue weighted by Crippen LogP contribution is -2.59. The number of hydrogen-bond acceptors (Lipinski definition) is 2. The molecule has 2 heteroatoms. The molecule has 0 spiro atoms. The van der Waals surface area contributed by atoms with Crippen molar-refractivity contribution in [1.82, 2.24) is 0 Å². The molecule has 0 amide bonds. The van der Waals surface area contributed by atoms with Crippen molar-refractivity contribution in [3.05, 3.63) is 322 Å². The second-order valence-corrected chi connectivity index (χ2v) is 26.9. The van der Waals surface area contributed by atoms with Crippen molar-refractivity contribution in [3.63, 3.8) is 0 Å². The van der Waals surface area contributed by atoms with Gasteiger partial charge in [-0.05, 0) is 191 Å². The first-order valence-corrected chi connectivity index (χ1v) is 33.1. The monoisotopic (exact) mass is 1180 g/mol. The molecule has 0 saturated carbocycles. The van der Waals surface area contributed by atoms with Crippen LogP contribution in [0, 0.1) is 13.8 Å². The van der Waals surface area contributed by atoms with Crippen molar-refractivity contribution in [3.8, 4) is 44.5 Å². The molecule has 454 valence electrons. The molecular formula is C88H92N2. The molecule has 0 N–H and O–H groups in total. The van der Waals surface area contributed by atoms with Crippen LogP contribution in [0.15, 0.2) is 261 Å². The molecule has 0 aromatic heterocycles. The number of hydrogen-bond donors (Lipinski definition) is 0. The average Bonchev–Trinajstić information content (AvgIpc) is 0.701. The number of anilines is 4. The van der Waals surface area contributed by atoms with Gasteiger partial charge in [-0.25, -0.2) is 0 Å². The van der Waals surface area contributed by atoms with Gasteiger partial charge in [-0.2, -0.15) is 0 Å². The lowest BCUT2D eigenvalue weighted by atomic mass is 9.65. The van der Waals surface area contributed by atoms with Crippen molar-refractivity contribution < 1.29 is 0 Å². The largest absolute Gasteiger partial charge is 0.318 e. The molecule has 11 aromatic rings. The van der Waals surface area contributed by atoms with Crippen LogP contribution in [-0.2, 0) is 5.41 Å². The van der Waals surface area contributed by atoms with Gasteiger partial charge in [-0.15, -0.1) is 0 Å². The van der Waals surface area contributed by atoms with E-state index in [4.69, 9.17) is 0 Å². The van der Waals surface area contributed by atoms with Crippen LogP contribution in [0.4, 0.5) is 22.7 Å². The van der Waals surface area contributed by atoms with E-state index >= 15 is 0 Å². The van der Waals surface area contributed by atoms with Crippen molar-refractivity contribution in [2.75, 3.05) is 9.80 Å².